The van der Waals surface area contributed by atoms with Gasteiger partial charge >= 0.3 is 0 Å². The van der Waals surface area contributed by atoms with Gasteiger partial charge in [0.05, 0.1) is 11.8 Å². The number of anilines is 1. The van der Waals surface area contributed by atoms with Gasteiger partial charge in [-0.3, -0.25) is 9.59 Å². The maximum absolute atomic E-state index is 14.3. The molecule has 0 N–H and O–H groups in total. The zero-order valence-electron chi connectivity index (χ0n) is 24.9. The summed E-state index contributed by atoms with van der Waals surface area (Å²) in [6.07, 6.45) is 10.3. The number of halogens is 1. The number of Topliss-reactive ketones (excluding diaryl/α,β-unsaturated/α-hetero) is 1. The zero-order valence-corrected chi connectivity index (χ0v) is 24.9. The first-order chi connectivity index (χ1) is 19.6. The fourth-order valence-electron chi connectivity index (χ4n) is 7.01. The first-order valence-electron chi connectivity index (χ1n) is 15.2. The van der Waals surface area contributed by atoms with E-state index in [0.717, 1.165) is 64.8 Å². The second-order valence-corrected chi connectivity index (χ2v) is 12.8. The number of amides is 1. The number of hydrogen-bond donors (Lipinski definition) is 0. The molecule has 1 unspecified atom stereocenters. The lowest BCUT2D eigenvalue weighted by molar-refractivity contribution is -0.123. The molecule has 3 fully saturated rings. The summed E-state index contributed by atoms with van der Waals surface area (Å²) in [4.78, 5) is 40.5. The van der Waals surface area contributed by atoms with E-state index in [1.807, 2.05) is 27.7 Å². The highest BCUT2D eigenvalue weighted by molar-refractivity contribution is 5.97. The molecule has 0 bridgehead atoms. The largest absolute Gasteiger partial charge is 0.451 e. The van der Waals surface area contributed by atoms with Crippen LogP contribution in [0, 0.1) is 17.2 Å². The number of ketones is 1. The predicted octanol–water partition coefficient (Wildman–Crippen LogP) is 5.72. The summed E-state index contributed by atoms with van der Waals surface area (Å²) in [7, 11) is 0. The fourth-order valence-corrected chi connectivity index (χ4v) is 7.01. The Hall–Kier alpha value is -3.07. The van der Waals surface area contributed by atoms with Crippen LogP contribution in [-0.4, -0.2) is 76.3 Å². The van der Waals surface area contributed by atoms with Crippen molar-refractivity contribution in [1.82, 2.24) is 19.8 Å². The molecule has 1 saturated carbocycles. The molecular formula is C32H44FN5O3. The topological polar surface area (TPSA) is 78.9 Å². The molecule has 1 atom stereocenters. The Kier molecular flexibility index (Phi) is 8.92. The van der Waals surface area contributed by atoms with Crippen LogP contribution >= 0.6 is 0 Å². The summed E-state index contributed by atoms with van der Waals surface area (Å²) >= 11 is 0. The monoisotopic (exact) mass is 565 g/mol. The average molecular weight is 566 g/mol. The van der Waals surface area contributed by atoms with Crippen LogP contribution in [0.4, 0.5) is 10.2 Å². The number of ether oxygens (including phenoxy) is 1. The summed E-state index contributed by atoms with van der Waals surface area (Å²) in [5.74, 6) is 1.65. The number of carbonyl (C=O) groups is 2. The lowest BCUT2D eigenvalue weighted by atomic mass is 9.68. The van der Waals surface area contributed by atoms with Crippen LogP contribution in [0.1, 0.15) is 83.0 Å². The molecule has 3 aliphatic rings. The number of piperidine rings is 1. The van der Waals surface area contributed by atoms with Gasteiger partial charge in [0.25, 0.3) is 5.91 Å². The van der Waals surface area contributed by atoms with Crippen LogP contribution < -0.4 is 9.64 Å². The molecule has 41 heavy (non-hydrogen) atoms. The average Bonchev–Trinajstić information content (AvgIpc) is 3.41. The van der Waals surface area contributed by atoms with E-state index in [4.69, 9.17) is 4.74 Å². The number of likely N-dealkylation sites (tertiary alicyclic amines) is 1. The maximum atomic E-state index is 14.3. The molecule has 2 aromatic rings. The van der Waals surface area contributed by atoms with Gasteiger partial charge in [0.1, 0.15) is 23.7 Å². The van der Waals surface area contributed by atoms with Crippen molar-refractivity contribution in [3.8, 4) is 11.5 Å². The molecule has 3 heterocycles. The van der Waals surface area contributed by atoms with Gasteiger partial charge in [0, 0.05) is 44.6 Å². The van der Waals surface area contributed by atoms with Gasteiger partial charge < -0.3 is 19.4 Å². The Morgan fingerprint density at radius 3 is 2.46 bits per heavy atom. The summed E-state index contributed by atoms with van der Waals surface area (Å²) in [6.45, 7) is 12.8. The van der Waals surface area contributed by atoms with E-state index in [9.17, 15) is 14.0 Å². The molecule has 1 aliphatic carbocycles. The Morgan fingerprint density at radius 1 is 1.07 bits per heavy atom. The van der Waals surface area contributed by atoms with Crippen LogP contribution in [0.3, 0.4) is 0 Å². The molecule has 1 aromatic heterocycles. The van der Waals surface area contributed by atoms with Crippen LogP contribution in [0.25, 0.3) is 0 Å². The number of aromatic nitrogens is 2. The Morgan fingerprint density at radius 2 is 1.78 bits per heavy atom. The Labute approximate surface area is 243 Å². The summed E-state index contributed by atoms with van der Waals surface area (Å²) in [6, 6.07) is 3.97. The van der Waals surface area contributed by atoms with Crippen molar-refractivity contribution in [3.05, 3.63) is 42.1 Å². The third-order valence-corrected chi connectivity index (χ3v) is 9.28. The molecule has 0 radical (unpaired) electrons. The van der Waals surface area contributed by atoms with E-state index in [-0.39, 0.29) is 23.6 Å². The Balaban J connectivity index is 1.25. The smallest absolute Gasteiger partial charge is 0.258 e. The van der Waals surface area contributed by atoms with Gasteiger partial charge in [0.2, 0.25) is 0 Å². The number of hydrogen-bond acceptors (Lipinski definition) is 7. The van der Waals surface area contributed by atoms with E-state index in [2.05, 4.69) is 19.8 Å². The number of carbonyl (C=O) groups excluding carboxylic acids is 2. The molecule has 1 amide bonds. The molecule has 1 spiro atoms. The second kappa shape index (κ2) is 12.4. The van der Waals surface area contributed by atoms with E-state index in [1.165, 1.54) is 37.4 Å². The van der Waals surface area contributed by atoms with E-state index < -0.39 is 5.82 Å². The van der Waals surface area contributed by atoms with E-state index in [1.54, 1.807) is 11.1 Å². The van der Waals surface area contributed by atoms with Gasteiger partial charge in [-0.1, -0.05) is 0 Å². The first-order valence-corrected chi connectivity index (χ1v) is 15.2. The van der Waals surface area contributed by atoms with Crippen LogP contribution in [-0.2, 0) is 4.79 Å². The summed E-state index contributed by atoms with van der Waals surface area (Å²) in [5.41, 5.74) is 0.577. The van der Waals surface area contributed by atoms with Crippen molar-refractivity contribution in [2.24, 2.45) is 11.3 Å². The maximum Gasteiger partial charge on any atom is 0.258 e. The predicted molar refractivity (Wildman–Crippen MR) is 157 cm³/mol. The molecule has 5 rings (SSSR count). The third kappa shape index (κ3) is 6.71. The lowest BCUT2D eigenvalue weighted by Gasteiger charge is -2.44. The minimum atomic E-state index is -0.485. The van der Waals surface area contributed by atoms with E-state index in [0.29, 0.717) is 34.4 Å². The lowest BCUT2D eigenvalue weighted by Crippen LogP contribution is -2.44. The normalized spacial score (nSPS) is 21.2. The third-order valence-electron chi connectivity index (χ3n) is 9.28. The van der Waals surface area contributed by atoms with Crippen molar-refractivity contribution in [3.63, 3.8) is 0 Å². The molecule has 8 nitrogen and oxygen atoms in total. The number of nitrogens with zero attached hydrogens (tertiary/aromatic N) is 5. The molecule has 222 valence electrons. The van der Waals surface area contributed by atoms with Crippen molar-refractivity contribution < 1.29 is 18.7 Å². The molecule has 9 heteroatoms. The quantitative estimate of drug-likeness (QED) is 0.405. The Bertz CT molecular complexity index is 1220. The van der Waals surface area contributed by atoms with Gasteiger partial charge in [-0.2, -0.15) is 0 Å². The van der Waals surface area contributed by atoms with Gasteiger partial charge in [0.15, 0.2) is 11.6 Å². The fraction of sp³-hybridized carbons (Fsp3) is 0.625. The first kappa shape index (κ1) is 29.4. The molecule has 1 aromatic carbocycles. The van der Waals surface area contributed by atoms with Crippen molar-refractivity contribution >= 4 is 17.5 Å². The number of benzene rings is 1. The molecular weight excluding hydrogens is 521 g/mol. The van der Waals surface area contributed by atoms with E-state index >= 15 is 0 Å². The molecule has 2 saturated heterocycles. The van der Waals surface area contributed by atoms with Crippen LogP contribution in [0.5, 0.6) is 11.5 Å². The van der Waals surface area contributed by atoms with Crippen molar-refractivity contribution in [1.29, 1.82) is 0 Å². The molecule has 2 aliphatic heterocycles. The highest BCUT2D eigenvalue weighted by Crippen LogP contribution is 2.44. The zero-order chi connectivity index (χ0) is 29.1. The SMILES string of the molecule is CC(C)N(C(=O)c1cc(F)ccc1Oc1cncnc1N1CCC(CN2CCC3(CCC(=O)CC3)CC2)C1)C(C)C. The highest BCUT2D eigenvalue weighted by atomic mass is 19.1. The summed E-state index contributed by atoms with van der Waals surface area (Å²) < 4.78 is 20.6. The highest BCUT2D eigenvalue weighted by Gasteiger charge is 2.38. The van der Waals surface area contributed by atoms with Gasteiger partial charge in [-0.15, -0.1) is 0 Å². The minimum Gasteiger partial charge on any atom is -0.451 e. The summed E-state index contributed by atoms with van der Waals surface area (Å²) in [5, 5.41) is 0. The van der Waals surface area contributed by atoms with Gasteiger partial charge in [-0.05, 0) is 102 Å². The minimum absolute atomic E-state index is 0.0481. The number of rotatable bonds is 8. The van der Waals surface area contributed by atoms with Crippen LogP contribution in [0.2, 0.25) is 0 Å². The van der Waals surface area contributed by atoms with Crippen molar-refractivity contribution in [2.45, 2.75) is 84.7 Å². The van der Waals surface area contributed by atoms with Crippen LogP contribution in [0.15, 0.2) is 30.7 Å². The van der Waals surface area contributed by atoms with Crippen molar-refractivity contribution in [2.75, 3.05) is 37.6 Å². The second-order valence-electron chi connectivity index (χ2n) is 12.8. The standard InChI is InChI=1S/C32H44FN5O3/c1-22(2)38(23(3)4)31(40)27-17-25(33)5-6-28(27)41-29-18-34-21-35-30(29)37-14-9-24(20-37)19-36-15-12-32(13-16-36)10-7-26(39)8-11-32/h5-6,17-18,21-24H,7-16,19-20H2,1-4H3. The van der Waals surface area contributed by atoms with Gasteiger partial charge in [-0.25, -0.2) is 14.4 Å².